The van der Waals surface area contributed by atoms with E-state index in [1.807, 2.05) is 39.0 Å². The van der Waals surface area contributed by atoms with Crippen molar-refractivity contribution in [3.63, 3.8) is 0 Å². The van der Waals surface area contributed by atoms with Crippen molar-refractivity contribution in [1.82, 2.24) is 9.97 Å². The minimum atomic E-state index is -0.304. The molecule has 0 atom stereocenters. The number of aryl methyl sites for hydroxylation is 3. The molecule has 0 saturated heterocycles. The van der Waals surface area contributed by atoms with Crippen LogP contribution in [0.3, 0.4) is 0 Å². The first-order chi connectivity index (χ1) is 13.0. The molecule has 2 aromatic carbocycles. The summed E-state index contributed by atoms with van der Waals surface area (Å²) in [5.74, 6) is 0.170. The fraction of sp³-hybridized carbons (Fsp3) is 0.143. The highest BCUT2D eigenvalue weighted by Gasteiger charge is 2.13. The number of carbonyl (C=O) groups excluding carboxylic acids is 1. The minimum absolute atomic E-state index is 0.253. The van der Waals surface area contributed by atoms with Crippen LogP contribution < -0.4 is 10.6 Å². The monoisotopic (exact) mass is 357 g/mol. The molecule has 1 heterocycles. The Morgan fingerprint density at radius 3 is 2.48 bits per heavy atom. The smallest absolute Gasteiger partial charge is 0.274 e. The summed E-state index contributed by atoms with van der Waals surface area (Å²) in [6.45, 7) is 5.95. The maximum absolute atomic E-state index is 12.6. The highest BCUT2D eigenvalue weighted by Crippen LogP contribution is 2.23. The van der Waals surface area contributed by atoms with E-state index in [-0.39, 0.29) is 11.6 Å². The topological polar surface area (TPSA) is 90.7 Å². The molecule has 6 heteroatoms. The van der Waals surface area contributed by atoms with Gasteiger partial charge in [-0.2, -0.15) is 5.26 Å². The number of aromatic nitrogens is 2. The highest BCUT2D eigenvalue weighted by atomic mass is 16.1. The number of hydrogen-bond donors (Lipinski definition) is 2. The lowest BCUT2D eigenvalue weighted by molar-refractivity contribution is 0.102. The summed E-state index contributed by atoms with van der Waals surface area (Å²) in [4.78, 5) is 20.8. The third-order valence-corrected chi connectivity index (χ3v) is 4.08. The number of benzene rings is 2. The van der Waals surface area contributed by atoms with E-state index >= 15 is 0 Å². The summed E-state index contributed by atoms with van der Waals surface area (Å²) in [6, 6.07) is 14.7. The van der Waals surface area contributed by atoms with E-state index in [1.165, 1.54) is 6.33 Å². The van der Waals surface area contributed by atoms with E-state index in [2.05, 4.69) is 26.7 Å². The molecule has 6 nitrogen and oxygen atoms in total. The molecule has 0 spiro atoms. The summed E-state index contributed by atoms with van der Waals surface area (Å²) in [5, 5.41) is 15.0. The molecule has 1 aromatic heterocycles. The first-order valence-corrected chi connectivity index (χ1v) is 8.44. The van der Waals surface area contributed by atoms with Gasteiger partial charge in [-0.1, -0.05) is 23.8 Å². The lowest BCUT2D eigenvalue weighted by atomic mass is 10.0. The lowest BCUT2D eigenvalue weighted by Gasteiger charge is -2.13. The number of hydrogen-bond acceptors (Lipinski definition) is 5. The molecule has 0 radical (unpaired) electrons. The van der Waals surface area contributed by atoms with Gasteiger partial charge >= 0.3 is 0 Å². The van der Waals surface area contributed by atoms with Crippen molar-refractivity contribution in [3.05, 3.63) is 76.7 Å². The van der Waals surface area contributed by atoms with Crippen molar-refractivity contribution in [2.75, 3.05) is 10.6 Å². The predicted molar refractivity (Wildman–Crippen MR) is 105 cm³/mol. The number of nitriles is 1. The van der Waals surface area contributed by atoms with Crippen molar-refractivity contribution in [2.24, 2.45) is 0 Å². The third kappa shape index (κ3) is 4.28. The predicted octanol–water partition coefficient (Wildman–Crippen LogP) is 4.27. The summed E-state index contributed by atoms with van der Waals surface area (Å²) in [5.41, 5.74) is 5.45. The van der Waals surface area contributed by atoms with Gasteiger partial charge in [0.15, 0.2) is 0 Å². The molecule has 1 amide bonds. The van der Waals surface area contributed by atoms with Gasteiger partial charge in [0, 0.05) is 17.4 Å². The van der Waals surface area contributed by atoms with Crippen LogP contribution in [0.1, 0.15) is 32.7 Å². The van der Waals surface area contributed by atoms with Crippen molar-refractivity contribution in [1.29, 1.82) is 5.26 Å². The fourth-order valence-corrected chi connectivity index (χ4v) is 2.92. The second kappa shape index (κ2) is 7.67. The summed E-state index contributed by atoms with van der Waals surface area (Å²) < 4.78 is 0. The molecule has 134 valence electrons. The van der Waals surface area contributed by atoms with Crippen LogP contribution in [0.25, 0.3) is 0 Å². The number of amides is 1. The van der Waals surface area contributed by atoms with Gasteiger partial charge in [-0.15, -0.1) is 0 Å². The largest absolute Gasteiger partial charge is 0.340 e. The van der Waals surface area contributed by atoms with E-state index < -0.39 is 0 Å². The van der Waals surface area contributed by atoms with Crippen LogP contribution in [0, 0.1) is 32.1 Å². The Labute approximate surface area is 157 Å². The van der Waals surface area contributed by atoms with Crippen LogP contribution in [0.2, 0.25) is 0 Å². The summed E-state index contributed by atoms with van der Waals surface area (Å²) in [7, 11) is 0. The zero-order valence-corrected chi connectivity index (χ0v) is 15.4. The molecule has 0 unspecified atom stereocenters. The Morgan fingerprint density at radius 2 is 1.78 bits per heavy atom. The molecule has 3 rings (SSSR count). The Balaban J connectivity index is 1.81. The maximum atomic E-state index is 12.6. The maximum Gasteiger partial charge on any atom is 0.274 e. The van der Waals surface area contributed by atoms with E-state index in [1.54, 1.807) is 24.3 Å². The molecule has 2 N–H and O–H groups in total. The van der Waals surface area contributed by atoms with Gasteiger partial charge in [-0.25, -0.2) is 9.97 Å². The van der Waals surface area contributed by atoms with Gasteiger partial charge < -0.3 is 10.6 Å². The molecule has 0 aliphatic rings. The number of carbonyl (C=O) groups is 1. The normalized spacial score (nSPS) is 10.1. The second-order valence-electron chi connectivity index (χ2n) is 6.33. The number of nitrogens with zero attached hydrogens (tertiary/aromatic N) is 3. The van der Waals surface area contributed by atoms with Gasteiger partial charge in [0.25, 0.3) is 5.91 Å². The van der Waals surface area contributed by atoms with Gasteiger partial charge in [0.05, 0.1) is 11.6 Å². The van der Waals surface area contributed by atoms with E-state index in [9.17, 15) is 4.79 Å². The number of rotatable bonds is 4. The first-order valence-electron chi connectivity index (χ1n) is 8.44. The van der Waals surface area contributed by atoms with Gasteiger partial charge in [-0.05, 0) is 50.1 Å². The van der Waals surface area contributed by atoms with Crippen LogP contribution in [0.5, 0.6) is 0 Å². The van der Waals surface area contributed by atoms with Gasteiger partial charge in [0.2, 0.25) is 0 Å². The van der Waals surface area contributed by atoms with Crippen LogP contribution in [-0.4, -0.2) is 15.9 Å². The second-order valence-corrected chi connectivity index (χ2v) is 6.33. The van der Waals surface area contributed by atoms with Crippen molar-refractivity contribution in [2.45, 2.75) is 20.8 Å². The molecule has 0 aliphatic carbocycles. The molecule has 0 aliphatic heterocycles. The van der Waals surface area contributed by atoms with Crippen molar-refractivity contribution >= 4 is 23.1 Å². The highest BCUT2D eigenvalue weighted by molar-refractivity contribution is 6.04. The van der Waals surface area contributed by atoms with Gasteiger partial charge in [-0.3, -0.25) is 4.79 Å². The average molecular weight is 357 g/mol. The Hall–Kier alpha value is -3.72. The standard InChI is InChI=1S/C21H19N5O/c1-13-7-14(2)20(15(3)8-13)26-21(27)18-10-19(24-12-23-18)25-17-6-4-5-16(9-17)11-22/h4-10,12H,1-3H3,(H,26,27)(H,23,24,25). The van der Waals surface area contributed by atoms with Crippen LogP contribution in [-0.2, 0) is 0 Å². The first kappa shape index (κ1) is 18.1. The molecular weight excluding hydrogens is 338 g/mol. The van der Waals surface area contributed by atoms with Gasteiger partial charge in [0.1, 0.15) is 17.8 Å². The third-order valence-electron chi connectivity index (χ3n) is 4.08. The lowest BCUT2D eigenvalue weighted by Crippen LogP contribution is -2.16. The molecule has 0 fully saturated rings. The number of anilines is 3. The van der Waals surface area contributed by atoms with E-state index in [0.29, 0.717) is 17.1 Å². The SMILES string of the molecule is Cc1cc(C)c(NC(=O)c2cc(Nc3cccc(C#N)c3)ncn2)c(C)c1. The Bertz CT molecular complexity index is 1030. The zero-order valence-electron chi connectivity index (χ0n) is 15.4. The Kier molecular flexibility index (Phi) is 5.13. The zero-order chi connectivity index (χ0) is 19.4. The average Bonchev–Trinajstić information content (AvgIpc) is 2.65. The summed E-state index contributed by atoms with van der Waals surface area (Å²) >= 11 is 0. The van der Waals surface area contributed by atoms with Crippen molar-refractivity contribution < 1.29 is 4.79 Å². The minimum Gasteiger partial charge on any atom is -0.340 e. The molecule has 27 heavy (non-hydrogen) atoms. The quantitative estimate of drug-likeness (QED) is 0.728. The van der Waals surface area contributed by atoms with Crippen LogP contribution in [0.4, 0.5) is 17.2 Å². The molecule has 0 bridgehead atoms. The molecular formula is C21H19N5O. The summed E-state index contributed by atoms with van der Waals surface area (Å²) in [6.07, 6.45) is 1.33. The number of nitrogens with one attached hydrogen (secondary N) is 2. The van der Waals surface area contributed by atoms with E-state index in [4.69, 9.17) is 5.26 Å². The Morgan fingerprint density at radius 1 is 1.04 bits per heavy atom. The van der Waals surface area contributed by atoms with Crippen LogP contribution in [0.15, 0.2) is 48.8 Å². The van der Waals surface area contributed by atoms with Crippen molar-refractivity contribution in [3.8, 4) is 6.07 Å². The molecule has 3 aromatic rings. The van der Waals surface area contributed by atoms with Crippen LogP contribution >= 0.6 is 0 Å². The fourth-order valence-electron chi connectivity index (χ4n) is 2.92. The molecule has 0 saturated carbocycles. The van der Waals surface area contributed by atoms with E-state index in [0.717, 1.165) is 22.4 Å².